The van der Waals surface area contributed by atoms with E-state index in [1.165, 1.54) is 0 Å². The minimum Gasteiger partial charge on any atom is -0.424 e. The predicted octanol–water partition coefficient (Wildman–Crippen LogP) is 2.71. The van der Waals surface area contributed by atoms with Crippen LogP contribution in [0.2, 0.25) is 0 Å². The van der Waals surface area contributed by atoms with Crippen molar-refractivity contribution in [2.24, 2.45) is 0 Å². The van der Waals surface area contributed by atoms with Crippen LogP contribution in [0.25, 0.3) is 0 Å². The second-order valence-electron chi connectivity index (χ2n) is 4.32. The number of hydrogen-bond donors (Lipinski definition) is 0. The van der Waals surface area contributed by atoms with Crippen molar-refractivity contribution in [3.05, 3.63) is 47.3 Å². The molecule has 1 heterocycles. The highest BCUT2D eigenvalue weighted by Crippen LogP contribution is 2.27. The Labute approximate surface area is 105 Å². The Kier molecular flexibility index (Phi) is 2.55. The van der Waals surface area contributed by atoms with Crippen LogP contribution in [-0.4, -0.2) is 15.8 Å². The molecular weight excluding hydrogens is 228 g/mol. The fourth-order valence-electron chi connectivity index (χ4n) is 2.08. The summed E-state index contributed by atoms with van der Waals surface area (Å²) in [7, 11) is 0. The summed E-state index contributed by atoms with van der Waals surface area (Å²) < 4.78 is 5.59. The maximum Gasteiger partial charge on any atom is 0.322 e. The topological polar surface area (TPSA) is 52.1 Å². The highest BCUT2D eigenvalue weighted by molar-refractivity contribution is 6.00. The molecule has 4 nitrogen and oxygen atoms in total. The number of benzene rings is 1. The molecule has 0 unspecified atom stereocenters. The summed E-state index contributed by atoms with van der Waals surface area (Å²) in [5.74, 6) is 0.886. The molecule has 18 heavy (non-hydrogen) atoms. The van der Waals surface area contributed by atoms with Crippen LogP contribution in [0.3, 0.4) is 0 Å². The van der Waals surface area contributed by atoms with Crippen LogP contribution in [0.1, 0.15) is 28.0 Å². The van der Waals surface area contributed by atoms with Crippen LogP contribution < -0.4 is 4.74 Å². The smallest absolute Gasteiger partial charge is 0.322 e. The van der Waals surface area contributed by atoms with Crippen molar-refractivity contribution >= 4 is 5.78 Å². The van der Waals surface area contributed by atoms with Crippen molar-refractivity contribution in [2.75, 3.05) is 0 Å². The maximum atomic E-state index is 11.5. The molecule has 2 aromatic rings. The first-order valence-corrected chi connectivity index (χ1v) is 5.86. The molecule has 0 spiro atoms. The molecular formula is C14H12N2O2. The number of aryl methyl sites for hydroxylation is 2. The van der Waals surface area contributed by atoms with Gasteiger partial charge in [0.05, 0.1) is 0 Å². The minimum absolute atomic E-state index is 0.211. The summed E-state index contributed by atoms with van der Waals surface area (Å²) in [6.07, 6.45) is 3.05. The highest BCUT2D eigenvalue weighted by atomic mass is 16.5. The molecule has 0 N–H and O–H groups in total. The summed E-state index contributed by atoms with van der Waals surface area (Å²) in [5.41, 5.74) is 2.72. The van der Waals surface area contributed by atoms with Gasteiger partial charge in [0.1, 0.15) is 5.75 Å². The summed E-state index contributed by atoms with van der Waals surface area (Å²) in [5, 5.41) is 0. The van der Waals surface area contributed by atoms with Crippen molar-refractivity contribution < 1.29 is 9.53 Å². The molecule has 0 aliphatic heterocycles. The van der Waals surface area contributed by atoms with E-state index in [4.69, 9.17) is 4.74 Å². The van der Waals surface area contributed by atoms with Gasteiger partial charge in [0, 0.05) is 23.9 Å². The fourth-order valence-corrected chi connectivity index (χ4v) is 2.08. The average molecular weight is 240 g/mol. The van der Waals surface area contributed by atoms with Crippen molar-refractivity contribution in [1.82, 2.24) is 9.97 Å². The van der Waals surface area contributed by atoms with E-state index in [1.54, 1.807) is 12.3 Å². The number of ketones is 1. The molecule has 0 fully saturated rings. The van der Waals surface area contributed by atoms with Crippen molar-refractivity contribution in [1.29, 1.82) is 0 Å². The molecule has 0 radical (unpaired) electrons. The number of fused-ring (bicyclic) bond motifs is 1. The van der Waals surface area contributed by atoms with Crippen LogP contribution in [-0.2, 0) is 6.42 Å². The van der Waals surface area contributed by atoms with Crippen molar-refractivity contribution in [3.63, 3.8) is 0 Å². The Balaban J connectivity index is 1.88. The first-order chi connectivity index (χ1) is 8.72. The number of rotatable bonds is 2. The van der Waals surface area contributed by atoms with E-state index in [-0.39, 0.29) is 5.78 Å². The number of carbonyl (C=O) groups excluding carboxylic acids is 1. The van der Waals surface area contributed by atoms with E-state index in [9.17, 15) is 4.79 Å². The SMILES string of the molecule is Cc1ccnc(Oc2ccc3c(c2)CCC3=O)n1. The monoisotopic (exact) mass is 240 g/mol. The molecule has 1 aromatic carbocycles. The highest BCUT2D eigenvalue weighted by Gasteiger charge is 2.19. The summed E-state index contributed by atoms with van der Waals surface area (Å²) in [6, 6.07) is 7.64. The lowest BCUT2D eigenvalue weighted by Gasteiger charge is -2.05. The summed E-state index contributed by atoms with van der Waals surface area (Å²) in [6.45, 7) is 1.88. The van der Waals surface area contributed by atoms with Gasteiger partial charge in [-0.1, -0.05) is 0 Å². The minimum atomic E-state index is 0.211. The maximum absolute atomic E-state index is 11.5. The van der Waals surface area contributed by atoms with Crippen LogP contribution >= 0.6 is 0 Å². The lowest BCUT2D eigenvalue weighted by atomic mass is 10.1. The first kappa shape index (κ1) is 10.9. The van der Waals surface area contributed by atoms with Gasteiger partial charge < -0.3 is 4.74 Å². The largest absolute Gasteiger partial charge is 0.424 e. The zero-order chi connectivity index (χ0) is 12.5. The van der Waals surface area contributed by atoms with E-state index >= 15 is 0 Å². The molecule has 0 bridgehead atoms. The fraction of sp³-hybridized carbons (Fsp3) is 0.214. The lowest BCUT2D eigenvalue weighted by molar-refractivity contribution is 0.0994. The lowest BCUT2D eigenvalue weighted by Crippen LogP contribution is -1.95. The van der Waals surface area contributed by atoms with Gasteiger partial charge in [-0.15, -0.1) is 0 Å². The van der Waals surface area contributed by atoms with Gasteiger partial charge in [0.2, 0.25) is 0 Å². The van der Waals surface area contributed by atoms with Crippen LogP contribution in [0, 0.1) is 6.92 Å². The Morgan fingerprint density at radius 3 is 2.94 bits per heavy atom. The molecule has 1 aliphatic carbocycles. The number of nitrogens with zero attached hydrogens (tertiary/aromatic N) is 2. The third-order valence-electron chi connectivity index (χ3n) is 2.98. The Morgan fingerprint density at radius 2 is 2.11 bits per heavy atom. The Morgan fingerprint density at radius 1 is 1.22 bits per heavy atom. The van der Waals surface area contributed by atoms with Gasteiger partial charge in [-0.3, -0.25) is 4.79 Å². The predicted molar refractivity (Wildman–Crippen MR) is 65.9 cm³/mol. The Bertz CT molecular complexity index is 623. The molecule has 0 atom stereocenters. The van der Waals surface area contributed by atoms with Gasteiger partial charge in [-0.2, -0.15) is 0 Å². The van der Waals surface area contributed by atoms with Crippen molar-refractivity contribution in [3.8, 4) is 11.8 Å². The second-order valence-corrected chi connectivity index (χ2v) is 4.32. The molecule has 0 amide bonds. The first-order valence-electron chi connectivity index (χ1n) is 5.86. The second kappa shape index (κ2) is 4.22. The zero-order valence-corrected chi connectivity index (χ0v) is 10.0. The summed E-state index contributed by atoms with van der Waals surface area (Å²) in [4.78, 5) is 19.7. The van der Waals surface area contributed by atoms with Crippen LogP contribution in [0.5, 0.6) is 11.8 Å². The summed E-state index contributed by atoms with van der Waals surface area (Å²) >= 11 is 0. The molecule has 3 rings (SSSR count). The van der Waals surface area contributed by atoms with E-state index in [2.05, 4.69) is 9.97 Å². The third kappa shape index (κ3) is 1.97. The number of Topliss-reactive ketones (excluding diaryl/α,β-unsaturated/α-hetero) is 1. The van der Waals surface area contributed by atoms with Crippen LogP contribution in [0.4, 0.5) is 0 Å². The molecule has 90 valence electrons. The molecule has 1 aliphatic rings. The van der Waals surface area contributed by atoms with Gasteiger partial charge >= 0.3 is 6.01 Å². The number of carbonyl (C=O) groups is 1. The molecule has 0 saturated carbocycles. The number of aromatic nitrogens is 2. The zero-order valence-electron chi connectivity index (χ0n) is 10.0. The van der Waals surface area contributed by atoms with Gasteiger partial charge in [0.15, 0.2) is 5.78 Å². The quantitative estimate of drug-likeness (QED) is 0.809. The molecule has 0 saturated heterocycles. The standard InChI is InChI=1S/C14H12N2O2/c1-9-6-7-15-14(16-9)18-11-3-4-12-10(8-11)2-5-13(12)17/h3-4,6-8H,2,5H2,1H3. The van der Waals surface area contributed by atoms with E-state index in [0.717, 1.165) is 23.2 Å². The third-order valence-corrected chi connectivity index (χ3v) is 2.98. The Hall–Kier alpha value is -2.23. The van der Waals surface area contributed by atoms with E-state index in [0.29, 0.717) is 18.2 Å². The normalized spacial score (nSPS) is 13.5. The molecule has 1 aromatic heterocycles. The van der Waals surface area contributed by atoms with Gasteiger partial charge in [0.25, 0.3) is 0 Å². The number of ether oxygens (including phenoxy) is 1. The van der Waals surface area contributed by atoms with Crippen LogP contribution in [0.15, 0.2) is 30.5 Å². The number of hydrogen-bond acceptors (Lipinski definition) is 4. The van der Waals surface area contributed by atoms with Gasteiger partial charge in [-0.25, -0.2) is 9.97 Å². The van der Waals surface area contributed by atoms with E-state index in [1.807, 2.05) is 25.1 Å². The average Bonchev–Trinajstić information content (AvgIpc) is 2.71. The van der Waals surface area contributed by atoms with E-state index < -0.39 is 0 Å². The van der Waals surface area contributed by atoms with Crippen molar-refractivity contribution in [2.45, 2.75) is 19.8 Å². The molecule has 4 heteroatoms. The van der Waals surface area contributed by atoms with Gasteiger partial charge in [-0.05, 0) is 43.2 Å².